The Labute approximate surface area is 84.4 Å². The number of aromatic nitrogens is 2. The minimum atomic E-state index is 0.757. The van der Waals surface area contributed by atoms with Crippen LogP contribution in [0.5, 0.6) is 0 Å². The molecular weight excluding hydrogens is 180 g/mol. The Kier molecular flexibility index (Phi) is 4.09. The van der Waals surface area contributed by atoms with Crippen LogP contribution in [0, 0.1) is 4.64 Å². The number of nitrogens with zero attached hydrogens (tertiary/aromatic N) is 1. The zero-order valence-electron chi connectivity index (χ0n) is 8.26. The number of aryl methyl sites for hydroxylation is 1. The normalized spacial score (nSPS) is 10.3. The Morgan fingerprint density at radius 3 is 2.85 bits per heavy atom. The summed E-state index contributed by atoms with van der Waals surface area (Å²) in [5, 5.41) is 0. The lowest BCUT2D eigenvalue weighted by atomic mass is 10.1. The minimum absolute atomic E-state index is 0.757. The van der Waals surface area contributed by atoms with Gasteiger partial charge in [0.15, 0.2) is 0 Å². The molecule has 0 saturated carbocycles. The van der Waals surface area contributed by atoms with Crippen LogP contribution in [0.4, 0.5) is 0 Å². The van der Waals surface area contributed by atoms with E-state index >= 15 is 0 Å². The number of hydrogen-bond donors (Lipinski definition) is 1. The standard InChI is InChI=1S/C10H16N2S/c1-3-5-6-9-8(4-2)10(13)12-7-11-9/h7H,3-6H2,1-2H3,(H,11,12,13). The summed E-state index contributed by atoms with van der Waals surface area (Å²) < 4.78 is 0.757. The summed E-state index contributed by atoms with van der Waals surface area (Å²) in [7, 11) is 0. The van der Waals surface area contributed by atoms with E-state index in [-0.39, 0.29) is 0 Å². The largest absolute Gasteiger partial charge is 0.349 e. The summed E-state index contributed by atoms with van der Waals surface area (Å²) in [6.45, 7) is 4.32. The minimum Gasteiger partial charge on any atom is -0.349 e. The molecule has 0 aliphatic rings. The monoisotopic (exact) mass is 196 g/mol. The van der Waals surface area contributed by atoms with E-state index < -0.39 is 0 Å². The Morgan fingerprint density at radius 1 is 1.46 bits per heavy atom. The van der Waals surface area contributed by atoms with E-state index in [4.69, 9.17) is 12.2 Å². The summed E-state index contributed by atoms with van der Waals surface area (Å²) in [5.41, 5.74) is 2.48. The van der Waals surface area contributed by atoms with Crippen LogP contribution in [-0.4, -0.2) is 9.97 Å². The van der Waals surface area contributed by atoms with Gasteiger partial charge in [-0.3, -0.25) is 0 Å². The molecule has 0 aliphatic heterocycles. The number of hydrogen-bond acceptors (Lipinski definition) is 2. The van der Waals surface area contributed by atoms with Gasteiger partial charge in [-0.1, -0.05) is 32.5 Å². The molecule has 72 valence electrons. The molecule has 13 heavy (non-hydrogen) atoms. The molecule has 0 fully saturated rings. The first kappa shape index (κ1) is 10.4. The van der Waals surface area contributed by atoms with Gasteiger partial charge in [0.25, 0.3) is 0 Å². The highest BCUT2D eigenvalue weighted by molar-refractivity contribution is 7.71. The average Bonchev–Trinajstić information content (AvgIpc) is 2.15. The SMILES string of the molecule is CCCCc1[nH]cnc(=S)c1CC. The van der Waals surface area contributed by atoms with Gasteiger partial charge in [0, 0.05) is 11.3 Å². The molecule has 0 aliphatic carbocycles. The smallest absolute Gasteiger partial charge is 0.132 e. The van der Waals surface area contributed by atoms with Crippen molar-refractivity contribution in [1.29, 1.82) is 0 Å². The van der Waals surface area contributed by atoms with E-state index in [1.165, 1.54) is 24.1 Å². The Morgan fingerprint density at radius 2 is 2.23 bits per heavy atom. The zero-order chi connectivity index (χ0) is 9.68. The fourth-order valence-corrected chi connectivity index (χ4v) is 1.72. The van der Waals surface area contributed by atoms with Gasteiger partial charge in [-0.2, -0.15) is 0 Å². The number of unbranched alkanes of at least 4 members (excludes halogenated alkanes) is 1. The first-order valence-electron chi connectivity index (χ1n) is 4.85. The van der Waals surface area contributed by atoms with Crippen LogP contribution >= 0.6 is 12.2 Å². The maximum atomic E-state index is 5.16. The lowest BCUT2D eigenvalue weighted by molar-refractivity contribution is 0.760. The fourth-order valence-electron chi connectivity index (χ4n) is 1.40. The first-order chi connectivity index (χ1) is 6.29. The van der Waals surface area contributed by atoms with Crippen molar-refractivity contribution in [2.75, 3.05) is 0 Å². The molecule has 1 N–H and O–H groups in total. The molecule has 2 nitrogen and oxygen atoms in total. The molecule has 0 saturated heterocycles. The van der Waals surface area contributed by atoms with Gasteiger partial charge in [0.2, 0.25) is 0 Å². The highest BCUT2D eigenvalue weighted by Crippen LogP contribution is 2.10. The highest BCUT2D eigenvalue weighted by atomic mass is 32.1. The third-order valence-electron chi connectivity index (χ3n) is 2.18. The van der Waals surface area contributed by atoms with Crippen LogP contribution in [-0.2, 0) is 12.8 Å². The van der Waals surface area contributed by atoms with Crippen molar-refractivity contribution in [3.63, 3.8) is 0 Å². The van der Waals surface area contributed by atoms with Gasteiger partial charge < -0.3 is 4.98 Å². The molecule has 0 aromatic carbocycles. The van der Waals surface area contributed by atoms with Crippen LogP contribution in [0.3, 0.4) is 0 Å². The van der Waals surface area contributed by atoms with E-state index in [1.54, 1.807) is 6.33 Å². The second-order valence-electron chi connectivity index (χ2n) is 3.12. The fraction of sp³-hybridized carbons (Fsp3) is 0.600. The summed E-state index contributed by atoms with van der Waals surface area (Å²) in [4.78, 5) is 7.26. The maximum absolute atomic E-state index is 5.16. The number of aromatic amines is 1. The van der Waals surface area contributed by atoms with Gasteiger partial charge in [-0.05, 0) is 19.3 Å². The molecule has 0 bridgehead atoms. The molecule has 0 spiro atoms. The third kappa shape index (κ3) is 2.62. The average molecular weight is 196 g/mol. The van der Waals surface area contributed by atoms with Crippen molar-refractivity contribution < 1.29 is 0 Å². The molecule has 0 radical (unpaired) electrons. The van der Waals surface area contributed by atoms with Crippen molar-refractivity contribution in [3.8, 4) is 0 Å². The van der Waals surface area contributed by atoms with Gasteiger partial charge in [0.1, 0.15) is 4.64 Å². The summed E-state index contributed by atoms with van der Waals surface area (Å²) >= 11 is 5.16. The van der Waals surface area contributed by atoms with E-state index in [9.17, 15) is 0 Å². The van der Waals surface area contributed by atoms with Crippen molar-refractivity contribution >= 4 is 12.2 Å². The van der Waals surface area contributed by atoms with Crippen LogP contribution in [0.15, 0.2) is 6.33 Å². The topological polar surface area (TPSA) is 28.7 Å². The van der Waals surface area contributed by atoms with E-state index in [2.05, 4.69) is 23.8 Å². The molecule has 1 heterocycles. The maximum Gasteiger partial charge on any atom is 0.132 e. The van der Waals surface area contributed by atoms with Crippen molar-refractivity contribution in [3.05, 3.63) is 22.2 Å². The van der Waals surface area contributed by atoms with Crippen molar-refractivity contribution in [1.82, 2.24) is 9.97 Å². The number of H-pyrrole nitrogens is 1. The van der Waals surface area contributed by atoms with E-state index in [1.807, 2.05) is 0 Å². The summed E-state index contributed by atoms with van der Waals surface area (Å²) in [5.74, 6) is 0. The van der Waals surface area contributed by atoms with Crippen LogP contribution in [0.2, 0.25) is 0 Å². The molecule has 1 aromatic heterocycles. The lowest BCUT2D eigenvalue weighted by Gasteiger charge is -2.05. The van der Waals surface area contributed by atoms with Gasteiger partial charge in [-0.15, -0.1) is 0 Å². The summed E-state index contributed by atoms with van der Waals surface area (Å²) in [6.07, 6.45) is 6.19. The van der Waals surface area contributed by atoms with E-state index in [0.29, 0.717) is 0 Å². The van der Waals surface area contributed by atoms with Gasteiger partial charge >= 0.3 is 0 Å². The van der Waals surface area contributed by atoms with Gasteiger partial charge in [-0.25, -0.2) is 4.98 Å². The second kappa shape index (κ2) is 5.12. The molecular formula is C10H16N2S. The van der Waals surface area contributed by atoms with Crippen molar-refractivity contribution in [2.24, 2.45) is 0 Å². The molecule has 1 aromatic rings. The Hall–Kier alpha value is -0.700. The highest BCUT2D eigenvalue weighted by Gasteiger charge is 2.02. The van der Waals surface area contributed by atoms with Crippen LogP contribution < -0.4 is 0 Å². The Balaban J connectivity index is 2.92. The third-order valence-corrected chi connectivity index (χ3v) is 2.53. The van der Waals surface area contributed by atoms with Crippen LogP contribution in [0.1, 0.15) is 37.9 Å². The zero-order valence-corrected chi connectivity index (χ0v) is 9.08. The molecule has 3 heteroatoms. The predicted octanol–water partition coefficient (Wildman–Crippen LogP) is 3.04. The Bertz CT molecular complexity index is 317. The number of rotatable bonds is 4. The first-order valence-corrected chi connectivity index (χ1v) is 5.25. The molecule has 0 unspecified atom stereocenters. The molecule has 0 amide bonds. The quantitative estimate of drug-likeness (QED) is 0.750. The van der Waals surface area contributed by atoms with Gasteiger partial charge in [0.05, 0.1) is 6.33 Å². The predicted molar refractivity (Wildman–Crippen MR) is 57.4 cm³/mol. The second-order valence-corrected chi connectivity index (χ2v) is 3.51. The lowest BCUT2D eigenvalue weighted by Crippen LogP contribution is -1.99. The molecule has 1 rings (SSSR count). The molecule has 0 atom stereocenters. The summed E-state index contributed by atoms with van der Waals surface area (Å²) in [6, 6.07) is 0. The number of nitrogens with one attached hydrogen (secondary N) is 1. The van der Waals surface area contributed by atoms with Crippen molar-refractivity contribution in [2.45, 2.75) is 39.5 Å². The van der Waals surface area contributed by atoms with E-state index in [0.717, 1.165) is 17.5 Å². The van der Waals surface area contributed by atoms with Crippen LogP contribution in [0.25, 0.3) is 0 Å².